The van der Waals surface area contributed by atoms with E-state index in [1.807, 2.05) is 6.07 Å². The van der Waals surface area contributed by atoms with E-state index in [-0.39, 0.29) is 23.1 Å². The van der Waals surface area contributed by atoms with Gasteiger partial charge in [-0.3, -0.25) is 14.9 Å². The lowest BCUT2D eigenvalue weighted by atomic mass is 10.1. The molecule has 0 aliphatic heterocycles. The van der Waals surface area contributed by atoms with E-state index < -0.39 is 23.4 Å². The van der Waals surface area contributed by atoms with E-state index in [4.69, 9.17) is 4.74 Å². The van der Waals surface area contributed by atoms with Crippen molar-refractivity contribution < 1.29 is 27.5 Å². The van der Waals surface area contributed by atoms with E-state index in [9.17, 15) is 22.8 Å². The van der Waals surface area contributed by atoms with Crippen molar-refractivity contribution in [3.8, 4) is 5.75 Å². The molecule has 11 heteroatoms. The number of hydrogen-bond donors (Lipinski definition) is 1. The molecule has 0 spiro atoms. The lowest BCUT2D eigenvalue weighted by Crippen LogP contribution is -2.20. The molecular weight excluding hydrogens is 439 g/mol. The Morgan fingerprint density at radius 1 is 1.07 bits per heavy atom. The van der Waals surface area contributed by atoms with E-state index in [0.717, 1.165) is 35.2 Å². The minimum Gasteiger partial charge on any atom is -0.484 e. The largest absolute Gasteiger partial charge is 0.484 e. The highest BCUT2D eigenvalue weighted by Gasteiger charge is 2.30. The predicted octanol–water partition coefficient (Wildman–Crippen LogP) is 4.55. The second-order valence-electron chi connectivity index (χ2n) is 5.81. The lowest BCUT2D eigenvalue weighted by molar-refractivity contribution is -0.137. The third-order valence-corrected chi connectivity index (χ3v) is 5.58. The van der Waals surface area contributed by atoms with E-state index in [1.165, 1.54) is 12.1 Å². The van der Waals surface area contributed by atoms with Gasteiger partial charge in [0.15, 0.2) is 16.7 Å². The monoisotopic (exact) mass is 453 g/mol. The summed E-state index contributed by atoms with van der Waals surface area (Å²) in [7, 11) is 0. The highest BCUT2D eigenvalue weighted by atomic mass is 32.2. The van der Waals surface area contributed by atoms with Crippen LogP contribution in [-0.4, -0.2) is 34.2 Å². The maximum atomic E-state index is 12.8. The zero-order chi connectivity index (χ0) is 21.6. The number of nitrogens with zero attached hydrogens (tertiary/aromatic N) is 2. The number of carbonyl (C=O) groups is 2. The predicted molar refractivity (Wildman–Crippen MR) is 107 cm³/mol. The Morgan fingerprint density at radius 2 is 1.83 bits per heavy atom. The fourth-order valence-electron chi connectivity index (χ4n) is 2.22. The molecule has 0 saturated heterocycles. The third-order valence-electron chi connectivity index (χ3n) is 3.60. The molecule has 30 heavy (non-hydrogen) atoms. The molecule has 1 aromatic heterocycles. The average molecular weight is 453 g/mol. The van der Waals surface area contributed by atoms with Crippen molar-refractivity contribution in [1.82, 2.24) is 10.2 Å². The Morgan fingerprint density at radius 3 is 2.57 bits per heavy atom. The fraction of sp³-hybridized carbons (Fsp3) is 0.158. The number of amides is 1. The number of ether oxygens (including phenoxy) is 1. The Kier molecular flexibility index (Phi) is 7.06. The summed E-state index contributed by atoms with van der Waals surface area (Å²) in [6, 6.07) is 13.1. The van der Waals surface area contributed by atoms with E-state index in [1.54, 1.807) is 24.3 Å². The number of benzene rings is 2. The van der Waals surface area contributed by atoms with Crippen LogP contribution in [-0.2, 0) is 11.0 Å². The van der Waals surface area contributed by atoms with Crippen molar-refractivity contribution in [2.45, 2.75) is 10.5 Å². The van der Waals surface area contributed by atoms with Gasteiger partial charge in [0, 0.05) is 5.56 Å². The van der Waals surface area contributed by atoms with Crippen molar-refractivity contribution in [2.75, 3.05) is 17.7 Å². The molecule has 0 bridgehead atoms. The van der Waals surface area contributed by atoms with Crippen LogP contribution >= 0.6 is 23.1 Å². The van der Waals surface area contributed by atoms with Crippen LogP contribution < -0.4 is 10.1 Å². The normalized spacial score (nSPS) is 11.2. The molecule has 1 amide bonds. The summed E-state index contributed by atoms with van der Waals surface area (Å²) in [5.74, 6) is -0.454. The number of nitrogens with one attached hydrogen (secondary N) is 1. The quantitative estimate of drug-likeness (QED) is 0.306. The smallest absolute Gasteiger partial charge is 0.416 e. The van der Waals surface area contributed by atoms with Crippen molar-refractivity contribution in [1.29, 1.82) is 0 Å². The highest BCUT2D eigenvalue weighted by Crippen LogP contribution is 2.30. The molecule has 1 heterocycles. The molecule has 156 valence electrons. The van der Waals surface area contributed by atoms with Gasteiger partial charge in [-0.2, -0.15) is 13.2 Å². The van der Waals surface area contributed by atoms with Crippen molar-refractivity contribution in [3.63, 3.8) is 0 Å². The number of thioether (sulfide) groups is 1. The molecule has 0 aliphatic carbocycles. The van der Waals surface area contributed by atoms with Crippen LogP contribution in [0, 0.1) is 0 Å². The molecule has 1 N–H and O–H groups in total. The summed E-state index contributed by atoms with van der Waals surface area (Å²) in [5.41, 5.74) is -0.912. The molecule has 6 nitrogen and oxygen atoms in total. The summed E-state index contributed by atoms with van der Waals surface area (Å²) in [5, 5.41) is 10.4. The molecule has 3 aromatic rings. The van der Waals surface area contributed by atoms with Gasteiger partial charge in [0.1, 0.15) is 5.75 Å². The van der Waals surface area contributed by atoms with E-state index in [2.05, 4.69) is 15.5 Å². The first-order valence-corrected chi connectivity index (χ1v) is 10.3. The first-order valence-electron chi connectivity index (χ1n) is 8.46. The fourth-order valence-corrected chi connectivity index (χ4v) is 3.88. The molecule has 3 rings (SSSR count). The Bertz CT molecular complexity index is 1030. The average Bonchev–Trinajstić information content (AvgIpc) is 3.18. The number of halogens is 3. The molecular formula is C19H14F3N3O3S2. The number of carbonyl (C=O) groups excluding carboxylic acids is 2. The van der Waals surface area contributed by atoms with Gasteiger partial charge in [-0.25, -0.2) is 0 Å². The van der Waals surface area contributed by atoms with Crippen LogP contribution in [0.2, 0.25) is 0 Å². The summed E-state index contributed by atoms with van der Waals surface area (Å²) in [6.07, 6.45) is -4.51. The van der Waals surface area contributed by atoms with Crippen molar-refractivity contribution in [2.24, 2.45) is 0 Å². The second-order valence-corrected chi connectivity index (χ2v) is 8.01. The third kappa shape index (κ3) is 6.29. The zero-order valence-electron chi connectivity index (χ0n) is 15.2. The van der Waals surface area contributed by atoms with Gasteiger partial charge in [-0.05, 0) is 24.3 Å². The van der Waals surface area contributed by atoms with Crippen LogP contribution in [0.4, 0.5) is 18.3 Å². The highest BCUT2D eigenvalue weighted by molar-refractivity contribution is 8.01. The van der Waals surface area contributed by atoms with Gasteiger partial charge in [0.05, 0.1) is 11.3 Å². The van der Waals surface area contributed by atoms with Gasteiger partial charge >= 0.3 is 6.18 Å². The van der Waals surface area contributed by atoms with Crippen LogP contribution in [0.25, 0.3) is 0 Å². The van der Waals surface area contributed by atoms with Gasteiger partial charge in [-0.15, -0.1) is 10.2 Å². The SMILES string of the molecule is O=C(COc1ccccc1)Nc1nnc(SCC(=O)c2cccc(C(F)(F)F)c2)s1. The Hall–Kier alpha value is -2.92. The van der Waals surface area contributed by atoms with Gasteiger partial charge in [0.2, 0.25) is 5.13 Å². The number of anilines is 1. The number of Topliss-reactive ketones (excluding diaryl/α,β-unsaturated/α-hetero) is 1. The summed E-state index contributed by atoms with van der Waals surface area (Å²) < 4.78 is 44.0. The molecule has 0 radical (unpaired) electrons. The molecule has 0 fully saturated rings. The zero-order valence-corrected chi connectivity index (χ0v) is 16.8. The maximum Gasteiger partial charge on any atom is 0.416 e. The molecule has 0 unspecified atom stereocenters. The van der Waals surface area contributed by atoms with E-state index in [0.29, 0.717) is 10.1 Å². The molecule has 0 atom stereocenters. The molecule has 0 saturated carbocycles. The summed E-state index contributed by atoms with van der Waals surface area (Å²) in [6.45, 7) is -0.208. The molecule has 2 aromatic carbocycles. The van der Waals surface area contributed by atoms with Crippen LogP contribution in [0.3, 0.4) is 0 Å². The van der Waals surface area contributed by atoms with Crippen LogP contribution in [0.5, 0.6) is 5.75 Å². The first kappa shape index (κ1) is 21.8. The van der Waals surface area contributed by atoms with Crippen molar-refractivity contribution >= 4 is 39.9 Å². The van der Waals surface area contributed by atoms with Gasteiger partial charge in [-0.1, -0.05) is 53.4 Å². The van der Waals surface area contributed by atoms with Crippen LogP contribution in [0.1, 0.15) is 15.9 Å². The number of ketones is 1. The Balaban J connectivity index is 1.49. The first-order chi connectivity index (χ1) is 14.3. The maximum absolute atomic E-state index is 12.8. The lowest BCUT2D eigenvalue weighted by Gasteiger charge is -2.07. The number of rotatable bonds is 8. The number of aromatic nitrogens is 2. The summed E-state index contributed by atoms with van der Waals surface area (Å²) >= 11 is 2.07. The topological polar surface area (TPSA) is 81.2 Å². The number of para-hydroxylation sites is 1. The molecule has 0 aliphatic rings. The summed E-state index contributed by atoms with van der Waals surface area (Å²) in [4.78, 5) is 24.1. The van der Waals surface area contributed by atoms with Crippen molar-refractivity contribution in [3.05, 3.63) is 65.7 Å². The minimum atomic E-state index is -4.51. The Labute approximate surface area is 177 Å². The van der Waals surface area contributed by atoms with E-state index >= 15 is 0 Å². The van der Waals surface area contributed by atoms with Gasteiger partial charge < -0.3 is 4.74 Å². The number of hydrogen-bond acceptors (Lipinski definition) is 7. The second kappa shape index (κ2) is 9.72. The minimum absolute atomic E-state index is 0.0339. The number of alkyl halides is 3. The van der Waals surface area contributed by atoms with Crippen LogP contribution in [0.15, 0.2) is 58.9 Å². The standard InChI is InChI=1S/C19H14F3N3O3S2/c20-19(21,22)13-6-4-5-12(9-13)15(26)11-29-18-25-24-17(30-18)23-16(27)10-28-14-7-2-1-3-8-14/h1-9H,10-11H2,(H,23,24,27). The van der Waals surface area contributed by atoms with Gasteiger partial charge in [0.25, 0.3) is 5.91 Å².